The fourth-order valence-corrected chi connectivity index (χ4v) is 9.31. The minimum Gasteiger partial charge on any atom is -0.484 e. The van der Waals surface area contributed by atoms with Gasteiger partial charge in [-0.3, -0.25) is 14.3 Å². The fraction of sp³-hybridized carbons (Fsp3) is 0.633. The van der Waals surface area contributed by atoms with E-state index < -0.39 is 5.82 Å². The topological polar surface area (TPSA) is 85.3 Å². The second kappa shape index (κ2) is 10.9. The summed E-state index contributed by atoms with van der Waals surface area (Å²) in [4.78, 5) is 26.4. The van der Waals surface area contributed by atoms with Gasteiger partial charge in [-0.2, -0.15) is 5.10 Å². The number of aromatic nitrogens is 2. The molecule has 5 aliphatic rings. The SMILES string of the molecule is Cc1nn(C)c2c1C(C1CCCCCCCC1)C(C(=O)NC13CC(NC(=O)COc4ccc(Cl)c(F)c4)(C1)C3)S2. The number of carbonyl (C=O) groups is 2. The maximum absolute atomic E-state index is 13.9. The zero-order valence-corrected chi connectivity index (χ0v) is 24.8. The molecule has 2 unspecified atom stereocenters. The molecule has 216 valence electrons. The molecule has 0 spiro atoms. The first-order valence-electron chi connectivity index (χ1n) is 14.6. The highest BCUT2D eigenvalue weighted by Crippen LogP contribution is 2.61. The molecular weight excluding hydrogens is 551 g/mol. The standard InChI is InChI=1S/C30H38ClFN4O3S/c1-18-24-25(19-9-7-5-3-4-6-8-10-19)26(40-28(24)36(2)35-18)27(38)34-30-15-29(16-30,17-30)33-23(37)14-39-20-11-12-21(31)22(32)13-20/h11-13,19,25-26H,3-10,14-17H2,1-2H3,(H,33,37)(H,34,38). The molecular formula is C30H38ClFN4O3S. The lowest BCUT2D eigenvalue weighted by Gasteiger charge is -2.70. The molecule has 40 heavy (non-hydrogen) atoms. The number of carbonyl (C=O) groups excluding carboxylic acids is 2. The van der Waals surface area contributed by atoms with Gasteiger partial charge < -0.3 is 15.4 Å². The van der Waals surface area contributed by atoms with Crippen LogP contribution in [-0.4, -0.2) is 44.5 Å². The number of rotatable bonds is 7. The zero-order valence-electron chi connectivity index (χ0n) is 23.2. The summed E-state index contributed by atoms with van der Waals surface area (Å²) in [5.41, 5.74) is 1.82. The van der Waals surface area contributed by atoms with Crippen molar-refractivity contribution in [3.05, 3.63) is 40.3 Å². The highest BCUT2D eigenvalue weighted by atomic mass is 35.5. The Morgan fingerprint density at radius 3 is 2.42 bits per heavy atom. The number of hydrogen-bond acceptors (Lipinski definition) is 5. The van der Waals surface area contributed by atoms with Gasteiger partial charge in [0, 0.05) is 35.7 Å². The van der Waals surface area contributed by atoms with Gasteiger partial charge in [-0.15, -0.1) is 0 Å². The van der Waals surface area contributed by atoms with Gasteiger partial charge in [-0.05, 0) is 57.1 Å². The molecule has 2 amide bonds. The Morgan fingerprint density at radius 1 is 1.10 bits per heavy atom. The number of nitrogens with zero attached hydrogens (tertiary/aromatic N) is 2. The van der Waals surface area contributed by atoms with Gasteiger partial charge in [-0.1, -0.05) is 61.9 Å². The third-order valence-corrected chi connectivity index (χ3v) is 11.1. The predicted octanol–water partition coefficient (Wildman–Crippen LogP) is 5.82. The van der Waals surface area contributed by atoms with Crippen LogP contribution in [-0.2, 0) is 16.6 Å². The molecule has 1 aliphatic heterocycles. The molecule has 4 fully saturated rings. The second-order valence-corrected chi connectivity index (χ2v) is 14.0. The van der Waals surface area contributed by atoms with Crippen LogP contribution in [0.1, 0.15) is 87.8 Å². The number of amides is 2. The van der Waals surface area contributed by atoms with Crippen LogP contribution in [0.2, 0.25) is 5.02 Å². The number of halogens is 2. The molecule has 10 heteroatoms. The molecule has 0 saturated heterocycles. The summed E-state index contributed by atoms with van der Waals surface area (Å²) in [6, 6.07) is 4.11. The van der Waals surface area contributed by atoms with Crippen molar-refractivity contribution in [1.29, 1.82) is 0 Å². The molecule has 2 bridgehead atoms. The number of nitrogens with one attached hydrogen (secondary N) is 2. The van der Waals surface area contributed by atoms with Crippen molar-refractivity contribution in [1.82, 2.24) is 20.4 Å². The van der Waals surface area contributed by atoms with E-state index in [4.69, 9.17) is 21.4 Å². The van der Waals surface area contributed by atoms with Crippen molar-refractivity contribution in [3.63, 3.8) is 0 Å². The highest BCUT2D eigenvalue weighted by Gasteiger charge is 2.69. The van der Waals surface area contributed by atoms with E-state index >= 15 is 0 Å². The first kappa shape index (κ1) is 27.9. The highest BCUT2D eigenvalue weighted by molar-refractivity contribution is 8.01. The Morgan fingerprint density at radius 2 is 1.75 bits per heavy atom. The minimum absolute atomic E-state index is 0.0103. The first-order chi connectivity index (χ1) is 19.2. The van der Waals surface area contributed by atoms with Gasteiger partial charge in [0.2, 0.25) is 5.91 Å². The van der Waals surface area contributed by atoms with Gasteiger partial charge >= 0.3 is 0 Å². The molecule has 1 aromatic carbocycles. The fourth-order valence-electron chi connectivity index (χ4n) is 7.68. The van der Waals surface area contributed by atoms with E-state index in [-0.39, 0.29) is 51.4 Å². The Bertz CT molecular complexity index is 1290. The summed E-state index contributed by atoms with van der Waals surface area (Å²) >= 11 is 7.39. The summed E-state index contributed by atoms with van der Waals surface area (Å²) < 4.78 is 21.0. The van der Waals surface area contributed by atoms with E-state index in [9.17, 15) is 14.0 Å². The average molecular weight is 589 g/mol. The molecule has 4 aliphatic carbocycles. The number of aryl methyl sites for hydroxylation is 2. The molecule has 1 aromatic heterocycles. The maximum Gasteiger partial charge on any atom is 0.258 e. The molecule has 2 heterocycles. The zero-order chi connectivity index (χ0) is 28.1. The number of thioether (sulfide) groups is 1. The molecule has 4 saturated carbocycles. The normalized spacial score (nSPS) is 29.7. The second-order valence-electron chi connectivity index (χ2n) is 12.4. The Kier molecular flexibility index (Phi) is 7.57. The summed E-state index contributed by atoms with van der Waals surface area (Å²) in [6.45, 7) is 1.89. The number of ether oxygens (including phenoxy) is 1. The van der Waals surface area contributed by atoms with Crippen molar-refractivity contribution in [2.75, 3.05) is 6.61 Å². The molecule has 7 rings (SSSR count). The maximum atomic E-state index is 13.9. The van der Waals surface area contributed by atoms with Crippen molar-refractivity contribution >= 4 is 35.2 Å². The summed E-state index contributed by atoms with van der Waals surface area (Å²) in [5, 5.41) is 12.2. The molecule has 2 aromatic rings. The molecule has 0 radical (unpaired) electrons. The van der Waals surface area contributed by atoms with Crippen LogP contribution < -0.4 is 15.4 Å². The predicted molar refractivity (Wildman–Crippen MR) is 153 cm³/mol. The summed E-state index contributed by atoms with van der Waals surface area (Å²) in [5.74, 6) is 0.242. The van der Waals surface area contributed by atoms with E-state index in [1.54, 1.807) is 11.8 Å². The summed E-state index contributed by atoms with van der Waals surface area (Å²) in [7, 11) is 1.99. The smallest absolute Gasteiger partial charge is 0.258 e. The Hall–Kier alpha value is -2.26. The lowest BCUT2D eigenvalue weighted by molar-refractivity contribution is -0.150. The Labute approximate surface area is 244 Å². The van der Waals surface area contributed by atoms with Crippen LogP contribution in [0.3, 0.4) is 0 Å². The first-order valence-corrected chi connectivity index (χ1v) is 15.8. The van der Waals surface area contributed by atoms with Gasteiger partial charge in [0.25, 0.3) is 5.91 Å². The van der Waals surface area contributed by atoms with Crippen molar-refractivity contribution in [2.45, 2.75) is 105 Å². The van der Waals surface area contributed by atoms with Gasteiger partial charge in [-0.25, -0.2) is 4.39 Å². The van der Waals surface area contributed by atoms with Crippen LogP contribution >= 0.6 is 23.4 Å². The quantitative estimate of drug-likeness (QED) is 0.426. The van der Waals surface area contributed by atoms with Crippen LogP contribution in [0.4, 0.5) is 4.39 Å². The minimum atomic E-state index is -0.584. The summed E-state index contributed by atoms with van der Waals surface area (Å²) in [6.07, 6.45) is 12.2. The van der Waals surface area contributed by atoms with E-state index in [0.717, 1.165) is 30.0 Å². The lowest BCUT2D eigenvalue weighted by Crippen LogP contribution is -2.84. The van der Waals surface area contributed by atoms with Gasteiger partial charge in [0.15, 0.2) is 6.61 Å². The van der Waals surface area contributed by atoms with E-state index in [0.29, 0.717) is 5.92 Å². The van der Waals surface area contributed by atoms with E-state index in [1.165, 1.54) is 75.1 Å². The largest absolute Gasteiger partial charge is 0.484 e. The van der Waals surface area contributed by atoms with Crippen LogP contribution in [0.15, 0.2) is 23.2 Å². The van der Waals surface area contributed by atoms with Crippen LogP contribution in [0.25, 0.3) is 0 Å². The number of fused-ring (bicyclic) bond motifs is 1. The van der Waals surface area contributed by atoms with Crippen LogP contribution in [0, 0.1) is 18.7 Å². The van der Waals surface area contributed by atoms with Gasteiger partial charge in [0.05, 0.1) is 21.0 Å². The lowest BCUT2D eigenvalue weighted by atomic mass is 9.44. The van der Waals surface area contributed by atoms with Crippen molar-refractivity contribution in [2.24, 2.45) is 13.0 Å². The van der Waals surface area contributed by atoms with Crippen LogP contribution in [0.5, 0.6) is 5.75 Å². The average Bonchev–Trinajstić information content (AvgIpc) is 3.44. The molecule has 2 atom stereocenters. The molecule has 2 N–H and O–H groups in total. The van der Waals surface area contributed by atoms with E-state index in [2.05, 4.69) is 17.6 Å². The molecule has 7 nitrogen and oxygen atoms in total. The van der Waals surface area contributed by atoms with Gasteiger partial charge in [0.1, 0.15) is 11.6 Å². The monoisotopic (exact) mass is 588 g/mol. The van der Waals surface area contributed by atoms with Crippen molar-refractivity contribution in [3.8, 4) is 5.75 Å². The van der Waals surface area contributed by atoms with Crippen molar-refractivity contribution < 1.29 is 18.7 Å². The number of hydrogen-bond donors (Lipinski definition) is 2. The third kappa shape index (κ3) is 5.24. The number of benzene rings is 1. The van der Waals surface area contributed by atoms with E-state index in [1.807, 2.05) is 11.7 Å². The Balaban J connectivity index is 1.06. The third-order valence-electron chi connectivity index (χ3n) is 9.36.